The predicted molar refractivity (Wildman–Crippen MR) is 58.5 cm³/mol. The summed E-state index contributed by atoms with van der Waals surface area (Å²) < 4.78 is 7.60. The van der Waals surface area contributed by atoms with Crippen molar-refractivity contribution in [3.05, 3.63) is 18.2 Å². The van der Waals surface area contributed by atoms with Gasteiger partial charge < -0.3 is 15.0 Å². The van der Waals surface area contributed by atoms with Gasteiger partial charge in [-0.25, -0.2) is 4.98 Å². The van der Waals surface area contributed by atoms with E-state index in [1.54, 1.807) is 0 Å². The van der Waals surface area contributed by atoms with Crippen LogP contribution in [0.15, 0.2) is 12.5 Å². The largest absolute Gasteiger partial charge is 0.381 e. The fraction of sp³-hybridized carbons (Fsp3) is 0.727. The van der Waals surface area contributed by atoms with E-state index in [-0.39, 0.29) is 6.04 Å². The molecule has 0 radical (unpaired) electrons. The Balaban J connectivity index is 2.16. The minimum absolute atomic E-state index is 0.0391. The Morgan fingerprint density at radius 3 is 3.00 bits per heavy atom. The van der Waals surface area contributed by atoms with Gasteiger partial charge >= 0.3 is 0 Å². The molecule has 2 heterocycles. The van der Waals surface area contributed by atoms with E-state index in [1.807, 2.05) is 19.4 Å². The maximum absolute atomic E-state index is 5.90. The van der Waals surface area contributed by atoms with Crippen molar-refractivity contribution < 1.29 is 4.74 Å². The van der Waals surface area contributed by atoms with Crippen LogP contribution in [0.2, 0.25) is 0 Å². The summed E-state index contributed by atoms with van der Waals surface area (Å²) in [4.78, 5) is 4.18. The molecule has 4 heteroatoms. The van der Waals surface area contributed by atoms with Crippen LogP contribution < -0.4 is 5.73 Å². The van der Waals surface area contributed by atoms with E-state index >= 15 is 0 Å². The number of hydrogen-bond donors (Lipinski definition) is 1. The van der Waals surface area contributed by atoms with Gasteiger partial charge in [0.25, 0.3) is 0 Å². The summed E-state index contributed by atoms with van der Waals surface area (Å²) in [7, 11) is 0. The van der Waals surface area contributed by atoms with Crippen molar-refractivity contribution in [2.75, 3.05) is 13.2 Å². The van der Waals surface area contributed by atoms with Crippen LogP contribution in [0.5, 0.6) is 0 Å². The standard InChI is InChI=1S/C11H19N3O/c1-8(12)11-5-13-7-14(11)9(2)10-3-4-15-6-10/h5,7-10H,3-4,6,12H2,1-2H3/t8-,9?,10?/m1/s1. The van der Waals surface area contributed by atoms with Crippen LogP contribution in [0.4, 0.5) is 0 Å². The predicted octanol–water partition coefficient (Wildman–Crippen LogP) is 1.50. The molecule has 3 atom stereocenters. The molecule has 0 amide bonds. The van der Waals surface area contributed by atoms with Crippen molar-refractivity contribution in [3.8, 4) is 0 Å². The minimum Gasteiger partial charge on any atom is -0.381 e. The van der Waals surface area contributed by atoms with Gasteiger partial charge in [-0.15, -0.1) is 0 Å². The maximum atomic E-state index is 5.90. The molecule has 1 fully saturated rings. The first kappa shape index (κ1) is 10.6. The first-order chi connectivity index (χ1) is 7.20. The zero-order chi connectivity index (χ0) is 10.8. The zero-order valence-corrected chi connectivity index (χ0v) is 9.39. The monoisotopic (exact) mass is 209 g/mol. The second-order valence-corrected chi connectivity index (χ2v) is 4.38. The third kappa shape index (κ3) is 2.06. The van der Waals surface area contributed by atoms with E-state index in [2.05, 4.69) is 16.5 Å². The van der Waals surface area contributed by atoms with Crippen LogP contribution in [0.1, 0.15) is 38.0 Å². The van der Waals surface area contributed by atoms with Gasteiger partial charge in [0.05, 0.1) is 18.6 Å². The van der Waals surface area contributed by atoms with E-state index in [0.717, 1.165) is 25.3 Å². The molecule has 1 aliphatic heterocycles. The van der Waals surface area contributed by atoms with Crippen molar-refractivity contribution in [3.63, 3.8) is 0 Å². The average molecular weight is 209 g/mol. The van der Waals surface area contributed by atoms with Gasteiger partial charge in [-0.2, -0.15) is 0 Å². The van der Waals surface area contributed by atoms with Crippen molar-refractivity contribution in [2.45, 2.75) is 32.4 Å². The lowest BCUT2D eigenvalue weighted by atomic mass is 10.00. The van der Waals surface area contributed by atoms with Crippen molar-refractivity contribution in [1.29, 1.82) is 0 Å². The smallest absolute Gasteiger partial charge is 0.0951 e. The molecule has 0 spiro atoms. The van der Waals surface area contributed by atoms with Crippen LogP contribution in [0.25, 0.3) is 0 Å². The molecule has 0 aliphatic carbocycles. The summed E-state index contributed by atoms with van der Waals surface area (Å²) in [5, 5.41) is 0. The number of aromatic nitrogens is 2. The average Bonchev–Trinajstić information content (AvgIpc) is 2.88. The van der Waals surface area contributed by atoms with E-state index in [9.17, 15) is 0 Å². The SMILES string of the molecule is CC(C1CCOC1)n1cncc1[C@@H](C)N. The van der Waals surface area contributed by atoms with Crippen LogP contribution in [-0.2, 0) is 4.74 Å². The summed E-state index contributed by atoms with van der Waals surface area (Å²) >= 11 is 0. The van der Waals surface area contributed by atoms with Gasteiger partial charge in [0, 0.05) is 30.8 Å². The Morgan fingerprint density at radius 2 is 2.40 bits per heavy atom. The van der Waals surface area contributed by atoms with Gasteiger partial charge in [0.1, 0.15) is 0 Å². The highest BCUT2D eigenvalue weighted by molar-refractivity contribution is 5.05. The molecule has 2 unspecified atom stereocenters. The number of hydrogen-bond acceptors (Lipinski definition) is 3. The Bertz CT molecular complexity index is 315. The lowest BCUT2D eigenvalue weighted by Crippen LogP contribution is -2.20. The van der Waals surface area contributed by atoms with Crippen molar-refractivity contribution in [1.82, 2.24) is 9.55 Å². The molecule has 84 valence electrons. The van der Waals surface area contributed by atoms with Crippen molar-refractivity contribution in [2.24, 2.45) is 11.7 Å². The number of rotatable bonds is 3. The van der Waals surface area contributed by atoms with Crippen LogP contribution in [0, 0.1) is 5.92 Å². The Hall–Kier alpha value is -0.870. The Morgan fingerprint density at radius 1 is 1.60 bits per heavy atom. The molecule has 15 heavy (non-hydrogen) atoms. The summed E-state index contributed by atoms with van der Waals surface area (Å²) in [6.07, 6.45) is 4.87. The van der Waals surface area contributed by atoms with E-state index in [4.69, 9.17) is 10.5 Å². The highest BCUT2D eigenvalue weighted by Gasteiger charge is 2.25. The quantitative estimate of drug-likeness (QED) is 0.820. The highest BCUT2D eigenvalue weighted by atomic mass is 16.5. The third-order valence-corrected chi connectivity index (χ3v) is 3.25. The molecule has 0 saturated carbocycles. The lowest BCUT2D eigenvalue weighted by Gasteiger charge is -2.22. The Kier molecular flexibility index (Phi) is 3.07. The van der Waals surface area contributed by atoms with Crippen LogP contribution in [0.3, 0.4) is 0 Å². The third-order valence-electron chi connectivity index (χ3n) is 3.25. The molecule has 0 aromatic carbocycles. The van der Waals surface area contributed by atoms with Gasteiger partial charge in [0.15, 0.2) is 0 Å². The zero-order valence-electron chi connectivity index (χ0n) is 9.39. The number of nitrogens with zero attached hydrogens (tertiary/aromatic N) is 2. The second-order valence-electron chi connectivity index (χ2n) is 4.38. The molecular weight excluding hydrogens is 190 g/mol. The van der Waals surface area contributed by atoms with E-state index in [0.29, 0.717) is 12.0 Å². The number of nitrogens with two attached hydrogens (primary N) is 1. The van der Waals surface area contributed by atoms with Gasteiger partial charge in [-0.3, -0.25) is 0 Å². The summed E-state index contributed by atoms with van der Waals surface area (Å²) in [5.74, 6) is 0.594. The second kappa shape index (κ2) is 4.33. The molecule has 2 N–H and O–H groups in total. The number of ether oxygens (including phenoxy) is 1. The van der Waals surface area contributed by atoms with Crippen LogP contribution in [-0.4, -0.2) is 22.8 Å². The van der Waals surface area contributed by atoms with Gasteiger partial charge in [-0.05, 0) is 20.3 Å². The lowest BCUT2D eigenvalue weighted by molar-refractivity contribution is 0.174. The molecule has 0 bridgehead atoms. The fourth-order valence-corrected chi connectivity index (χ4v) is 2.17. The highest BCUT2D eigenvalue weighted by Crippen LogP contribution is 2.28. The van der Waals surface area contributed by atoms with Crippen molar-refractivity contribution >= 4 is 0 Å². The molecule has 1 aromatic rings. The van der Waals surface area contributed by atoms with Gasteiger partial charge in [-0.1, -0.05) is 0 Å². The molecule has 1 saturated heterocycles. The van der Waals surface area contributed by atoms with Crippen LogP contribution >= 0.6 is 0 Å². The van der Waals surface area contributed by atoms with E-state index < -0.39 is 0 Å². The summed E-state index contributed by atoms with van der Waals surface area (Å²) in [6, 6.07) is 0.466. The number of imidazole rings is 1. The first-order valence-corrected chi connectivity index (χ1v) is 5.55. The molecule has 1 aromatic heterocycles. The molecule has 2 rings (SSSR count). The van der Waals surface area contributed by atoms with Gasteiger partial charge in [0.2, 0.25) is 0 Å². The normalized spacial score (nSPS) is 25.4. The molecule has 4 nitrogen and oxygen atoms in total. The topological polar surface area (TPSA) is 53.1 Å². The first-order valence-electron chi connectivity index (χ1n) is 5.55. The maximum Gasteiger partial charge on any atom is 0.0951 e. The minimum atomic E-state index is 0.0391. The molecule has 1 aliphatic rings. The fourth-order valence-electron chi connectivity index (χ4n) is 2.17. The Labute approximate surface area is 90.4 Å². The summed E-state index contributed by atoms with van der Waals surface area (Å²) in [5.41, 5.74) is 7.01. The summed E-state index contributed by atoms with van der Waals surface area (Å²) in [6.45, 7) is 5.95. The molecular formula is C11H19N3O. The van der Waals surface area contributed by atoms with E-state index in [1.165, 1.54) is 0 Å².